The maximum Gasteiger partial charge on any atom is 0.135 e. The van der Waals surface area contributed by atoms with E-state index in [1.807, 2.05) is 48.7 Å². The van der Waals surface area contributed by atoms with Crippen LogP contribution in [0.25, 0.3) is 49.7 Å². The number of rotatable bonds is 2. The van der Waals surface area contributed by atoms with Crippen LogP contribution in [0.15, 0.2) is 102 Å². The predicted octanol–water partition coefficient (Wildman–Crippen LogP) is 7.07. The Morgan fingerprint density at radius 1 is 0.700 bits per heavy atom. The van der Waals surface area contributed by atoms with Crippen molar-refractivity contribution in [2.75, 3.05) is 0 Å². The second-order valence-electron chi connectivity index (χ2n) is 7.43. The molecule has 0 amide bonds. The topological polar surface area (TPSA) is 41.9 Å². The summed E-state index contributed by atoms with van der Waals surface area (Å²) in [6.45, 7) is 0. The number of hydrogen-bond donors (Lipinski definition) is 0. The Labute approximate surface area is 173 Å². The van der Waals surface area contributed by atoms with Gasteiger partial charge in [-0.25, -0.2) is 0 Å². The van der Waals surface area contributed by atoms with E-state index in [2.05, 4.69) is 59.2 Å². The Hall–Kier alpha value is -4.29. The molecule has 0 saturated carbocycles. The molecule has 0 aliphatic carbocycles. The Morgan fingerprint density at radius 2 is 1.50 bits per heavy atom. The van der Waals surface area contributed by atoms with Crippen LogP contribution in [-0.4, -0.2) is 4.57 Å². The van der Waals surface area contributed by atoms with E-state index in [0.717, 1.165) is 38.5 Å². The van der Waals surface area contributed by atoms with Gasteiger partial charge in [0.2, 0.25) is 0 Å². The van der Waals surface area contributed by atoms with Crippen molar-refractivity contribution in [3.63, 3.8) is 0 Å². The molecule has 0 bridgehead atoms. The third kappa shape index (κ3) is 2.52. The summed E-state index contributed by atoms with van der Waals surface area (Å²) in [4.78, 5) is 0. The number of benzene rings is 4. The minimum absolute atomic E-state index is 0.671. The van der Waals surface area contributed by atoms with Crippen LogP contribution in [0.4, 0.5) is 0 Å². The molecule has 0 saturated heterocycles. The molecular formula is C27H16N2O. The van der Waals surface area contributed by atoms with Crippen molar-refractivity contribution in [3.8, 4) is 22.9 Å². The number of furan rings is 1. The molecule has 2 heterocycles. The van der Waals surface area contributed by atoms with E-state index < -0.39 is 0 Å². The van der Waals surface area contributed by atoms with Crippen molar-refractivity contribution in [2.45, 2.75) is 0 Å². The van der Waals surface area contributed by atoms with E-state index in [0.29, 0.717) is 5.56 Å². The first kappa shape index (κ1) is 16.6. The SMILES string of the molecule is N#Cc1ccc2c(ccn2-c2ccc3oc4ccc(-c5ccccc5)cc4c3c2)c1. The van der Waals surface area contributed by atoms with E-state index in [-0.39, 0.29) is 0 Å². The first-order valence-corrected chi connectivity index (χ1v) is 9.83. The van der Waals surface area contributed by atoms with Crippen molar-refractivity contribution in [1.82, 2.24) is 4.57 Å². The van der Waals surface area contributed by atoms with E-state index in [4.69, 9.17) is 9.68 Å². The molecule has 3 nitrogen and oxygen atoms in total. The molecule has 2 aromatic heterocycles. The van der Waals surface area contributed by atoms with Gasteiger partial charge in [0.25, 0.3) is 0 Å². The average Bonchev–Trinajstić information content (AvgIpc) is 3.39. The summed E-state index contributed by atoms with van der Waals surface area (Å²) in [6, 6.07) is 33.0. The van der Waals surface area contributed by atoms with Crippen LogP contribution in [0.2, 0.25) is 0 Å². The van der Waals surface area contributed by atoms with Gasteiger partial charge in [0.1, 0.15) is 11.2 Å². The Morgan fingerprint density at radius 3 is 2.33 bits per heavy atom. The third-order valence-electron chi connectivity index (χ3n) is 5.66. The highest BCUT2D eigenvalue weighted by atomic mass is 16.3. The molecule has 6 aromatic rings. The molecule has 0 fully saturated rings. The van der Waals surface area contributed by atoms with Gasteiger partial charge in [-0.2, -0.15) is 5.26 Å². The monoisotopic (exact) mass is 384 g/mol. The van der Waals surface area contributed by atoms with Gasteiger partial charge in [0, 0.05) is 28.0 Å². The fourth-order valence-corrected chi connectivity index (χ4v) is 4.16. The molecule has 0 atom stereocenters. The minimum Gasteiger partial charge on any atom is -0.456 e. The van der Waals surface area contributed by atoms with E-state index in [1.165, 1.54) is 11.1 Å². The largest absolute Gasteiger partial charge is 0.456 e. The van der Waals surface area contributed by atoms with Crippen LogP contribution in [0.5, 0.6) is 0 Å². The predicted molar refractivity (Wildman–Crippen MR) is 121 cm³/mol. The number of nitrogens with zero attached hydrogens (tertiary/aromatic N) is 2. The first-order chi connectivity index (χ1) is 14.8. The minimum atomic E-state index is 0.671. The molecule has 0 unspecified atom stereocenters. The lowest BCUT2D eigenvalue weighted by Gasteiger charge is -2.06. The molecule has 0 radical (unpaired) electrons. The van der Waals surface area contributed by atoms with Crippen LogP contribution in [0, 0.1) is 11.3 Å². The summed E-state index contributed by atoms with van der Waals surface area (Å²) in [5.41, 5.74) is 6.94. The van der Waals surface area contributed by atoms with Gasteiger partial charge >= 0.3 is 0 Å². The number of fused-ring (bicyclic) bond motifs is 4. The van der Waals surface area contributed by atoms with Crippen molar-refractivity contribution in [2.24, 2.45) is 0 Å². The van der Waals surface area contributed by atoms with Gasteiger partial charge < -0.3 is 8.98 Å². The number of hydrogen-bond acceptors (Lipinski definition) is 2. The van der Waals surface area contributed by atoms with Crippen LogP contribution >= 0.6 is 0 Å². The van der Waals surface area contributed by atoms with E-state index >= 15 is 0 Å². The summed E-state index contributed by atoms with van der Waals surface area (Å²) < 4.78 is 8.24. The summed E-state index contributed by atoms with van der Waals surface area (Å²) in [6.07, 6.45) is 2.05. The van der Waals surface area contributed by atoms with E-state index in [1.54, 1.807) is 0 Å². The fourth-order valence-electron chi connectivity index (χ4n) is 4.16. The Balaban J connectivity index is 1.55. The lowest BCUT2D eigenvalue weighted by molar-refractivity contribution is 0.669. The molecule has 0 aliphatic heterocycles. The quantitative estimate of drug-likeness (QED) is 0.320. The molecule has 3 heteroatoms. The molecule has 6 rings (SSSR count). The summed E-state index contributed by atoms with van der Waals surface area (Å²) in [5.74, 6) is 0. The summed E-state index contributed by atoms with van der Waals surface area (Å²) in [7, 11) is 0. The second kappa shape index (κ2) is 6.37. The third-order valence-corrected chi connectivity index (χ3v) is 5.66. The molecule has 30 heavy (non-hydrogen) atoms. The highest BCUT2D eigenvalue weighted by Gasteiger charge is 2.11. The Kier molecular flexibility index (Phi) is 3.53. The highest BCUT2D eigenvalue weighted by Crippen LogP contribution is 2.34. The maximum atomic E-state index is 9.15. The van der Waals surface area contributed by atoms with Crippen molar-refractivity contribution >= 4 is 32.8 Å². The second-order valence-corrected chi connectivity index (χ2v) is 7.43. The van der Waals surface area contributed by atoms with E-state index in [9.17, 15) is 0 Å². The lowest BCUT2D eigenvalue weighted by atomic mass is 10.0. The van der Waals surface area contributed by atoms with Crippen LogP contribution in [0.1, 0.15) is 5.56 Å². The van der Waals surface area contributed by atoms with Crippen LogP contribution in [0.3, 0.4) is 0 Å². The first-order valence-electron chi connectivity index (χ1n) is 9.83. The highest BCUT2D eigenvalue weighted by molar-refractivity contribution is 6.07. The Bertz CT molecular complexity index is 1600. The lowest BCUT2D eigenvalue weighted by Crippen LogP contribution is -1.91. The summed E-state index contributed by atoms with van der Waals surface area (Å²) in [5, 5.41) is 12.4. The van der Waals surface area contributed by atoms with Crippen LogP contribution in [-0.2, 0) is 0 Å². The van der Waals surface area contributed by atoms with Gasteiger partial charge in [0.15, 0.2) is 0 Å². The van der Waals surface area contributed by atoms with Gasteiger partial charge in [-0.05, 0) is 65.7 Å². The molecule has 0 N–H and O–H groups in total. The van der Waals surface area contributed by atoms with Crippen molar-refractivity contribution in [3.05, 3.63) is 103 Å². The fraction of sp³-hybridized carbons (Fsp3) is 0. The van der Waals surface area contributed by atoms with Gasteiger partial charge in [-0.3, -0.25) is 0 Å². The molecule has 0 aliphatic rings. The average molecular weight is 384 g/mol. The smallest absolute Gasteiger partial charge is 0.135 e. The van der Waals surface area contributed by atoms with Gasteiger partial charge in [-0.15, -0.1) is 0 Å². The van der Waals surface area contributed by atoms with Crippen molar-refractivity contribution in [1.29, 1.82) is 5.26 Å². The van der Waals surface area contributed by atoms with Gasteiger partial charge in [-0.1, -0.05) is 36.4 Å². The number of aromatic nitrogens is 1. The maximum absolute atomic E-state index is 9.15. The molecule has 0 spiro atoms. The standard InChI is InChI=1S/C27H16N2O/c28-17-18-6-9-25-21(14-18)12-13-29(25)22-8-11-27-24(16-22)23-15-20(7-10-26(23)30-27)19-4-2-1-3-5-19/h1-16H. The number of nitriles is 1. The zero-order chi connectivity index (χ0) is 20.1. The normalized spacial score (nSPS) is 11.3. The van der Waals surface area contributed by atoms with Crippen molar-refractivity contribution < 1.29 is 4.42 Å². The molecule has 4 aromatic carbocycles. The van der Waals surface area contributed by atoms with Gasteiger partial charge in [0.05, 0.1) is 17.1 Å². The molecular weight excluding hydrogens is 368 g/mol. The zero-order valence-corrected chi connectivity index (χ0v) is 16.0. The zero-order valence-electron chi connectivity index (χ0n) is 16.0. The molecule has 140 valence electrons. The van der Waals surface area contributed by atoms with Crippen LogP contribution < -0.4 is 0 Å². The summed E-state index contributed by atoms with van der Waals surface area (Å²) >= 11 is 0.